The van der Waals surface area contributed by atoms with Gasteiger partial charge in [-0.3, -0.25) is 9.59 Å². The largest absolute Gasteiger partial charge is 0.341 e. The minimum Gasteiger partial charge on any atom is -0.341 e. The molecule has 1 saturated heterocycles. The Morgan fingerprint density at radius 1 is 0.963 bits per heavy atom. The van der Waals surface area contributed by atoms with Gasteiger partial charge < -0.3 is 9.80 Å². The van der Waals surface area contributed by atoms with Gasteiger partial charge in [0.2, 0.25) is 5.91 Å². The quantitative estimate of drug-likeness (QED) is 0.830. The molecule has 1 aliphatic rings. The minimum absolute atomic E-state index is 0.00975. The SMILES string of the molecule is Cc1ccccc1CC(=O)N1CCCN(C(=O)c2cc(F)ccc2F)CC1. The van der Waals surface area contributed by atoms with Crippen molar-refractivity contribution >= 4 is 11.8 Å². The predicted octanol–water partition coefficient (Wildman–Crippen LogP) is 3.19. The van der Waals surface area contributed by atoms with Crippen LogP contribution in [0.2, 0.25) is 0 Å². The second-order valence-electron chi connectivity index (χ2n) is 6.75. The summed E-state index contributed by atoms with van der Waals surface area (Å²) < 4.78 is 27.3. The zero-order chi connectivity index (χ0) is 19.4. The van der Waals surface area contributed by atoms with Gasteiger partial charge in [0.05, 0.1) is 12.0 Å². The van der Waals surface area contributed by atoms with Crippen molar-refractivity contribution in [2.75, 3.05) is 26.2 Å². The van der Waals surface area contributed by atoms with Crippen LogP contribution >= 0.6 is 0 Å². The Morgan fingerprint density at radius 2 is 1.67 bits per heavy atom. The fraction of sp³-hybridized carbons (Fsp3) is 0.333. The molecule has 0 N–H and O–H groups in total. The van der Waals surface area contributed by atoms with Crippen LogP contribution in [0, 0.1) is 18.6 Å². The fourth-order valence-corrected chi connectivity index (χ4v) is 3.28. The maximum Gasteiger partial charge on any atom is 0.256 e. The van der Waals surface area contributed by atoms with E-state index in [4.69, 9.17) is 0 Å². The Hall–Kier alpha value is -2.76. The van der Waals surface area contributed by atoms with Crippen LogP contribution in [0.15, 0.2) is 42.5 Å². The smallest absolute Gasteiger partial charge is 0.256 e. The number of benzene rings is 2. The molecule has 1 aliphatic heterocycles. The van der Waals surface area contributed by atoms with Crippen LogP contribution in [-0.4, -0.2) is 47.8 Å². The Kier molecular flexibility index (Phi) is 5.84. The summed E-state index contributed by atoms with van der Waals surface area (Å²) >= 11 is 0. The number of rotatable bonds is 3. The summed E-state index contributed by atoms with van der Waals surface area (Å²) in [4.78, 5) is 28.4. The molecule has 0 unspecified atom stereocenters. The van der Waals surface area contributed by atoms with Crippen molar-refractivity contribution in [1.29, 1.82) is 0 Å². The van der Waals surface area contributed by atoms with Crippen molar-refractivity contribution in [3.05, 3.63) is 70.8 Å². The third-order valence-corrected chi connectivity index (χ3v) is 4.90. The van der Waals surface area contributed by atoms with Crippen LogP contribution in [0.3, 0.4) is 0 Å². The van der Waals surface area contributed by atoms with Gasteiger partial charge in [-0.25, -0.2) is 8.78 Å². The standard InChI is InChI=1S/C21H22F2N2O2/c1-15-5-2-3-6-16(15)13-20(26)24-9-4-10-25(12-11-24)21(27)18-14-17(22)7-8-19(18)23/h2-3,5-8,14H,4,9-13H2,1H3. The molecular weight excluding hydrogens is 350 g/mol. The van der Waals surface area contributed by atoms with E-state index >= 15 is 0 Å². The molecule has 142 valence electrons. The highest BCUT2D eigenvalue weighted by Crippen LogP contribution is 2.15. The summed E-state index contributed by atoms with van der Waals surface area (Å²) in [6.45, 7) is 3.60. The Morgan fingerprint density at radius 3 is 2.44 bits per heavy atom. The maximum atomic E-state index is 13.9. The van der Waals surface area contributed by atoms with Crippen LogP contribution in [0.1, 0.15) is 27.9 Å². The zero-order valence-electron chi connectivity index (χ0n) is 15.3. The Labute approximate surface area is 157 Å². The van der Waals surface area contributed by atoms with Crippen LogP contribution in [0.4, 0.5) is 8.78 Å². The molecule has 0 aliphatic carbocycles. The molecule has 0 spiro atoms. The van der Waals surface area contributed by atoms with Gasteiger partial charge >= 0.3 is 0 Å². The van der Waals surface area contributed by atoms with Crippen molar-refractivity contribution in [1.82, 2.24) is 9.80 Å². The number of nitrogens with zero attached hydrogens (tertiary/aromatic N) is 2. The molecule has 0 radical (unpaired) electrons. The normalized spacial score (nSPS) is 14.8. The molecule has 0 atom stereocenters. The van der Waals surface area contributed by atoms with Crippen molar-refractivity contribution in [2.24, 2.45) is 0 Å². The highest BCUT2D eigenvalue weighted by atomic mass is 19.1. The van der Waals surface area contributed by atoms with E-state index in [1.165, 1.54) is 4.90 Å². The average molecular weight is 372 g/mol. The summed E-state index contributed by atoms with van der Waals surface area (Å²) in [6, 6.07) is 10.6. The molecule has 0 saturated carbocycles. The molecule has 1 fully saturated rings. The lowest BCUT2D eigenvalue weighted by Gasteiger charge is -2.22. The van der Waals surface area contributed by atoms with Crippen LogP contribution in [-0.2, 0) is 11.2 Å². The number of hydrogen-bond acceptors (Lipinski definition) is 2. The van der Waals surface area contributed by atoms with E-state index in [2.05, 4.69) is 0 Å². The topological polar surface area (TPSA) is 40.6 Å². The van der Waals surface area contributed by atoms with E-state index in [0.717, 1.165) is 29.3 Å². The molecule has 0 aromatic heterocycles. The van der Waals surface area contributed by atoms with Crippen molar-refractivity contribution < 1.29 is 18.4 Å². The molecular formula is C21H22F2N2O2. The number of hydrogen-bond donors (Lipinski definition) is 0. The third-order valence-electron chi connectivity index (χ3n) is 4.90. The van der Waals surface area contributed by atoms with Crippen LogP contribution < -0.4 is 0 Å². The molecule has 6 heteroatoms. The van der Waals surface area contributed by atoms with Gasteiger partial charge in [-0.05, 0) is 42.7 Å². The predicted molar refractivity (Wildman–Crippen MR) is 98.3 cm³/mol. The zero-order valence-corrected chi connectivity index (χ0v) is 15.3. The number of carbonyl (C=O) groups excluding carboxylic acids is 2. The van der Waals surface area contributed by atoms with E-state index < -0.39 is 17.5 Å². The summed E-state index contributed by atoms with van der Waals surface area (Å²) in [6.07, 6.45) is 0.918. The first-order chi connectivity index (χ1) is 13.0. The van der Waals surface area contributed by atoms with E-state index in [-0.39, 0.29) is 11.5 Å². The van der Waals surface area contributed by atoms with Gasteiger partial charge in [-0.2, -0.15) is 0 Å². The second-order valence-corrected chi connectivity index (χ2v) is 6.75. The van der Waals surface area contributed by atoms with Crippen molar-refractivity contribution in [3.63, 3.8) is 0 Å². The molecule has 4 nitrogen and oxygen atoms in total. The van der Waals surface area contributed by atoms with E-state index in [9.17, 15) is 18.4 Å². The van der Waals surface area contributed by atoms with Gasteiger partial charge in [-0.15, -0.1) is 0 Å². The Balaban J connectivity index is 1.65. The van der Waals surface area contributed by atoms with Gasteiger partial charge in [0.25, 0.3) is 5.91 Å². The minimum atomic E-state index is -0.738. The lowest BCUT2D eigenvalue weighted by molar-refractivity contribution is -0.130. The fourth-order valence-electron chi connectivity index (χ4n) is 3.28. The van der Waals surface area contributed by atoms with Crippen LogP contribution in [0.25, 0.3) is 0 Å². The molecule has 2 aromatic carbocycles. The first-order valence-corrected chi connectivity index (χ1v) is 9.02. The first-order valence-electron chi connectivity index (χ1n) is 9.02. The monoisotopic (exact) mass is 372 g/mol. The first kappa shape index (κ1) is 19.0. The lowest BCUT2D eigenvalue weighted by Crippen LogP contribution is -2.38. The summed E-state index contributed by atoms with van der Waals surface area (Å²) in [5.74, 6) is -1.92. The van der Waals surface area contributed by atoms with E-state index in [1.807, 2.05) is 31.2 Å². The van der Waals surface area contributed by atoms with Crippen molar-refractivity contribution in [2.45, 2.75) is 19.8 Å². The lowest BCUT2D eigenvalue weighted by atomic mass is 10.1. The molecule has 2 aromatic rings. The maximum absolute atomic E-state index is 13.9. The number of aryl methyl sites for hydroxylation is 1. The third kappa shape index (κ3) is 4.51. The summed E-state index contributed by atoms with van der Waals surface area (Å²) in [5.41, 5.74) is 1.79. The van der Waals surface area contributed by atoms with E-state index in [1.54, 1.807) is 4.90 Å². The molecule has 3 rings (SSSR count). The van der Waals surface area contributed by atoms with Gasteiger partial charge in [0.15, 0.2) is 0 Å². The summed E-state index contributed by atoms with van der Waals surface area (Å²) in [5, 5.41) is 0. The average Bonchev–Trinajstić information content (AvgIpc) is 2.91. The highest BCUT2D eigenvalue weighted by molar-refractivity contribution is 5.94. The second kappa shape index (κ2) is 8.29. The highest BCUT2D eigenvalue weighted by Gasteiger charge is 2.25. The number of carbonyl (C=O) groups is 2. The molecule has 2 amide bonds. The Bertz CT molecular complexity index is 854. The number of halogens is 2. The van der Waals surface area contributed by atoms with Crippen LogP contribution in [0.5, 0.6) is 0 Å². The molecule has 27 heavy (non-hydrogen) atoms. The molecule has 0 bridgehead atoms. The van der Waals surface area contributed by atoms with E-state index in [0.29, 0.717) is 39.0 Å². The molecule has 1 heterocycles. The van der Waals surface area contributed by atoms with Gasteiger partial charge in [-0.1, -0.05) is 24.3 Å². The number of amides is 2. The van der Waals surface area contributed by atoms with Gasteiger partial charge in [0.1, 0.15) is 11.6 Å². The van der Waals surface area contributed by atoms with Crippen molar-refractivity contribution in [3.8, 4) is 0 Å². The van der Waals surface area contributed by atoms with Gasteiger partial charge in [0, 0.05) is 26.2 Å². The summed E-state index contributed by atoms with van der Waals surface area (Å²) in [7, 11) is 0.